The molecule has 0 radical (unpaired) electrons. The van der Waals surface area contributed by atoms with E-state index in [0.717, 1.165) is 33.8 Å². The Bertz CT molecular complexity index is 567. The average Bonchev–Trinajstić information content (AvgIpc) is 2.36. The summed E-state index contributed by atoms with van der Waals surface area (Å²) < 4.78 is 5.40. The molecule has 0 bridgehead atoms. The number of nitrogen functional groups attached to an aromatic ring is 1. The van der Waals surface area contributed by atoms with E-state index in [1.54, 1.807) is 25.6 Å². The van der Waals surface area contributed by atoms with Gasteiger partial charge in [0.25, 0.3) is 0 Å². The van der Waals surface area contributed by atoms with Crippen molar-refractivity contribution in [1.29, 1.82) is 0 Å². The second-order valence-electron chi connectivity index (χ2n) is 4.30. The molecule has 2 N–H and O–H groups in total. The van der Waals surface area contributed by atoms with Crippen LogP contribution in [0.4, 0.5) is 5.69 Å². The second-order valence-corrected chi connectivity index (χ2v) is 4.30. The highest BCUT2D eigenvalue weighted by atomic mass is 16.5. The van der Waals surface area contributed by atoms with E-state index in [0.29, 0.717) is 6.42 Å². The smallest absolute Gasteiger partial charge is 0.128 e. The minimum Gasteiger partial charge on any atom is -0.496 e. The van der Waals surface area contributed by atoms with E-state index in [-0.39, 0.29) is 0 Å². The summed E-state index contributed by atoms with van der Waals surface area (Å²) in [5, 5.41) is 0. The summed E-state index contributed by atoms with van der Waals surface area (Å²) >= 11 is 0. The Balaban J connectivity index is 2.39. The van der Waals surface area contributed by atoms with Crippen molar-refractivity contribution in [2.24, 2.45) is 0 Å². The predicted molar refractivity (Wildman–Crippen MR) is 71.7 cm³/mol. The van der Waals surface area contributed by atoms with Crippen molar-refractivity contribution in [2.75, 3.05) is 12.8 Å². The molecular weight excluding hydrogens is 226 g/mol. The molecule has 0 amide bonds. The minimum absolute atomic E-state index is 0.669. The fourth-order valence-electron chi connectivity index (χ4n) is 2.02. The summed E-state index contributed by atoms with van der Waals surface area (Å²) in [5.41, 5.74) is 10.7. The molecule has 0 aliphatic heterocycles. The molecule has 4 heteroatoms. The Kier molecular flexibility index (Phi) is 3.46. The summed E-state index contributed by atoms with van der Waals surface area (Å²) in [6.45, 7) is 4.00. The molecule has 18 heavy (non-hydrogen) atoms. The number of pyridine rings is 2. The van der Waals surface area contributed by atoms with Crippen molar-refractivity contribution < 1.29 is 4.74 Å². The van der Waals surface area contributed by atoms with Gasteiger partial charge in [-0.05, 0) is 25.5 Å². The zero-order chi connectivity index (χ0) is 13.1. The van der Waals surface area contributed by atoms with Gasteiger partial charge in [0.2, 0.25) is 0 Å². The van der Waals surface area contributed by atoms with Gasteiger partial charge >= 0.3 is 0 Å². The third-order valence-corrected chi connectivity index (χ3v) is 3.05. The third-order valence-electron chi connectivity index (χ3n) is 3.05. The topological polar surface area (TPSA) is 61.0 Å². The van der Waals surface area contributed by atoms with E-state index in [1.807, 2.05) is 20.0 Å². The van der Waals surface area contributed by atoms with Crippen LogP contribution in [0.2, 0.25) is 0 Å². The molecule has 0 atom stereocenters. The van der Waals surface area contributed by atoms with Crippen LogP contribution in [0.5, 0.6) is 5.75 Å². The summed E-state index contributed by atoms with van der Waals surface area (Å²) in [5.74, 6) is 0.891. The molecule has 0 fully saturated rings. The number of nitrogens with zero attached hydrogens (tertiary/aromatic N) is 2. The number of ether oxygens (including phenoxy) is 1. The lowest BCUT2D eigenvalue weighted by Crippen LogP contribution is -2.03. The Morgan fingerprint density at radius 2 is 2.06 bits per heavy atom. The van der Waals surface area contributed by atoms with Crippen LogP contribution < -0.4 is 10.5 Å². The molecule has 0 aromatic carbocycles. The summed E-state index contributed by atoms with van der Waals surface area (Å²) in [4.78, 5) is 8.55. The van der Waals surface area contributed by atoms with Gasteiger partial charge in [-0.15, -0.1) is 0 Å². The van der Waals surface area contributed by atoms with Gasteiger partial charge in [-0.25, -0.2) is 0 Å². The maximum atomic E-state index is 5.92. The van der Waals surface area contributed by atoms with Crippen LogP contribution >= 0.6 is 0 Å². The lowest BCUT2D eigenvalue weighted by atomic mass is 10.0. The standard InChI is InChI=1S/C14H17N3O/c1-9-7-17-13(10(2)14(9)18-3)6-11-8-16-5-4-12(11)15/h4-5,7-8H,6H2,1-3H3,(H2,15,16). The Morgan fingerprint density at radius 3 is 2.72 bits per heavy atom. The van der Waals surface area contributed by atoms with Gasteiger partial charge in [0.05, 0.1) is 12.8 Å². The lowest BCUT2D eigenvalue weighted by Gasteiger charge is -2.12. The maximum Gasteiger partial charge on any atom is 0.128 e. The molecule has 0 aliphatic carbocycles. The molecule has 0 saturated carbocycles. The summed E-state index contributed by atoms with van der Waals surface area (Å²) in [7, 11) is 1.68. The number of methoxy groups -OCH3 is 1. The zero-order valence-electron chi connectivity index (χ0n) is 10.9. The molecule has 2 heterocycles. The van der Waals surface area contributed by atoms with Crippen molar-refractivity contribution in [2.45, 2.75) is 20.3 Å². The number of nitrogens with two attached hydrogens (primary N) is 1. The van der Waals surface area contributed by atoms with Crippen LogP contribution in [-0.4, -0.2) is 17.1 Å². The van der Waals surface area contributed by atoms with Crippen LogP contribution in [-0.2, 0) is 6.42 Å². The summed E-state index contributed by atoms with van der Waals surface area (Å²) in [6, 6.07) is 1.80. The number of anilines is 1. The van der Waals surface area contributed by atoms with Crippen LogP contribution in [0.25, 0.3) is 0 Å². The molecule has 0 spiro atoms. The number of rotatable bonds is 3. The molecule has 2 rings (SSSR count). The molecule has 2 aromatic rings. The van der Waals surface area contributed by atoms with Gasteiger partial charge in [0.1, 0.15) is 5.75 Å². The van der Waals surface area contributed by atoms with Crippen molar-refractivity contribution in [3.05, 3.63) is 47.0 Å². The monoisotopic (exact) mass is 243 g/mol. The number of aryl methyl sites for hydroxylation is 1. The van der Waals surface area contributed by atoms with Gasteiger partial charge in [0.15, 0.2) is 0 Å². The molecule has 2 aromatic heterocycles. The van der Waals surface area contributed by atoms with Crippen LogP contribution in [0.3, 0.4) is 0 Å². The quantitative estimate of drug-likeness (QED) is 0.898. The molecule has 0 unspecified atom stereocenters. The largest absolute Gasteiger partial charge is 0.496 e. The highest BCUT2D eigenvalue weighted by molar-refractivity contribution is 5.49. The van der Waals surface area contributed by atoms with Gasteiger partial charge in [-0.3, -0.25) is 9.97 Å². The third kappa shape index (κ3) is 2.27. The van der Waals surface area contributed by atoms with E-state index < -0.39 is 0 Å². The van der Waals surface area contributed by atoms with Crippen LogP contribution in [0.15, 0.2) is 24.7 Å². The average molecular weight is 243 g/mol. The first kappa shape index (κ1) is 12.4. The first-order valence-corrected chi connectivity index (χ1v) is 5.81. The Morgan fingerprint density at radius 1 is 1.28 bits per heavy atom. The number of hydrogen-bond donors (Lipinski definition) is 1. The second kappa shape index (κ2) is 5.04. The zero-order valence-corrected chi connectivity index (χ0v) is 10.9. The summed E-state index contributed by atoms with van der Waals surface area (Å²) in [6.07, 6.45) is 5.97. The highest BCUT2D eigenvalue weighted by Gasteiger charge is 2.11. The molecular formula is C14H17N3O. The number of aromatic nitrogens is 2. The Labute approximate surface area is 107 Å². The van der Waals surface area contributed by atoms with Crippen molar-refractivity contribution in [3.63, 3.8) is 0 Å². The predicted octanol–water partition coefficient (Wildman–Crippen LogP) is 2.28. The first-order valence-electron chi connectivity index (χ1n) is 5.81. The van der Waals surface area contributed by atoms with Crippen LogP contribution in [0.1, 0.15) is 22.4 Å². The van der Waals surface area contributed by atoms with E-state index in [9.17, 15) is 0 Å². The highest BCUT2D eigenvalue weighted by Crippen LogP contribution is 2.26. The minimum atomic E-state index is 0.669. The van der Waals surface area contributed by atoms with Crippen LogP contribution in [0, 0.1) is 13.8 Å². The van der Waals surface area contributed by atoms with Crippen molar-refractivity contribution >= 4 is 5.69 Å². The van der Waals surface area contributed by atoms with Gasteiger partial charge in [-0.1, -0.05) is 0 Å². The lowest BCUT2D eigenvalue weighted by molar-refractivity contribution is 0.407. The first-order chi connectivity index (χ1) is 8.63. The molecule has 94 valence electrons. The molecule has 4 nitrogen and oxygen atoms in total. The van der Waals surface area contributed by atoms with Gasteiger partial charge in [0, 0.05) is 41.8 Å². The van der Waals surface area contributed by atoms with Crippen molar-refractivity contribution in [3.8, 4) is 5.75 Å². The fourth-order valence-corrected chi connectivity index (χ4v) is 2.02. The van der Waals surface area contributed by atoms with Gasteiger partial charge in [-0.2, -0.15) is 0 Å². The van der Waals surface area contributed by atoms with E-state index >= 15 is 0 Å². The van der Waals surface area contributed by atoms with E-state index in [4.69, 9.17) is 10.5 Å². The van der Waals surface area contributed by atoms with Crippen molar-refractivity contribution in [1.82, 2.24) is 9.97 Å². The molecule has 0 aliphatic rings. The van der Waals surface area contributed by atoms with Gasteiger partial charge < -0.3 is 10.5 Å². The Hall–Kier alpha value is -2.10. The number of hydrogen-bond acceptors (Lipinski definition) is 4. The SMILES string of the molecule is COc1c(C)cnc(Cc2cnccc2N)c1C. The molecule has 0 saturated heterocycles. The van der Waals surface area contributed by atoms with E-state index in [1.165, 1.54) is 0 Å². The fraction of sp³-hybridized carbons (Fsp3) is 0.286. The normalized spacial score (nSPS) is 10.4. The maximum absolute atomic E-state index is 5.92. The van der Waals surface area contributed by atoms with E-state index in [2.05, 4.69) is 9.97 Å².